The molecule has 0 aliphatic rings. The van der Waals surface area contributed by atoms with Gasteiger partial charge in [-0.15, -0.1) is 0 Å². The fourth-order valence-electron chi connectivity index (χ4n) is 1.02. The van der Waals surface area contributed by atoms with Crippen molar-refractivity contribution >= 4 is 45.1 Å². The minimum Gasteiger partial charge on any atom is -0.275 e. The molecule has 86 valence electrons. The van der Waals surface area contributed by atoms with Gasteiger partial charge < -0.3 is 0 Å². The van der Waals surface area contributed by atoms with Crippen LogP contribution in [0.25, 0.3) is 0 Å². The van der Waals surface area contributed by atoms with Crippen LogP contribution in [-0.2, 0) is 0 Å². The molecule has 1 heterocycles. The van der Waals surface area contributed by atoms with E-state index >= 15 is 0 Å². The number of halogens is 4. The molecule has 0 fully saturated rings. The summed E-state index contributed by atoms with van der Waals surface area (Å²) in [5.41, 5.74) is -2.68. The molecule has 1 aromatic rings. The van der Waals surface area contributed by atoms with Gasteiger partial charge in [-0.25, -0.2) is 13.8 Å². The van der Waals surface area contributed by atoms with Crippen molar-refractivity contribution in [2.45, 2.75) is 6.43 Å². The van der Waals surface area contributed by atoms with Crippen LogP contribution in [0.3, 0.4) is 0 Å². The third-order valence-electron chi connectivity index (χ3n) is 1.59. The number of hydrogen-bond donors (Lipinski definition) is 0. The van der Waals surface area contributed by atoms with Crippen LogP contribution in [0.5, 0.6) is 0 Å². The summed E-state index contributed by atoms with van der Waals surface area (Å²) in [4.78, 5) is 23.7. The number of nitrogens with zero attached hydrogens (tertiary/aromatic N) is 2. The highest BCUT2D eigenvalue weighted by Crippen LogP contribution is 2.32. The normalized spacial score (nSPS) is 10.6. The predicted molar refractivity (Wildman–Crippen MR) is 58.7 cm³/mol. The summed E-state index contributed by atoms with van der Waals surface area (Å²) in [6.45, 7) is 0. The van der Waals surface area contributed by atoms with Crippen LogP contribution in [0.2, 0.25) is 0 Å². The highest BCUT2D eigenvalue weighted by molar-refractivity contribution is 14.1. The number of nitro groups is 1. The highest BCUT2D eigenvalue weighted by atomic mass is 127. The van der Waals surface area contributed by atoms with E-state index in [0.717, 1.165) is 6.07 Å². The highest BCUT2D eigenvalue weighted by Gasteiger charge is 2.30. The van der Waals surface area contributed by atoms with Gasteiger partial charge in [0.15, 0.2) is 5.69 Å². The first-order chi connectivity index (χ1) is 7.34. The average Bonchev–Trinajstić information content (AvgIpc) is 2.15. The third kappa shape index (κ3) is 2.61. The number of carbonyl (C=O) groups is 1. The molecule has 0 saturated carbocycles. The SMILES string of the molecule is O=C(Cl)c1cc(I)nc(C(F)F)c1[N+](=O)[O-]. The molecule has 1 aromatic heterocycles. The molecule has 0 saturated heterocycles. The van der Waals surface area contributed by atoms with Gasteiger partial charge in [0.2, 0.25) is 0 Å². The molecule has 0 amide bonds. The Morgan fingerprint density at radius 1 is 1.62 bits per heavy atom. The Balaban J connectivity index is 3.60. The molecule has 9 heteroatoms. The van der Waals surface area contributed by atoms with Crippen LogP contribution < -0.4 is 0 Å². The van der Waals surface area contributed by atoms with E-state index in [1.54, 1.807) is 22.6 Å². The summed E-state index contributed by atoms with van der Waals surface area (Å²) in [6.07, 6.45) is -3.15. The predicted octanol–water partition coefficient (Wildman–Crippen LogP) is 2.91. The molecule has 0 aromatic carbocycles. The second-order valence-corrected chi connectivity index (χ2v) is 4.01. The van der Waals surface area contributed by atoms with Gasteiger partial charge in [-0.1, -0.05) is 0 Å². The van der Waals surface area contributed by atoms with Crippen molar-refractivity contribution in [2.24, 2.45) is 0 Å². The van der Waals surface area contributed by atoms with E-state index in [4.69, 9.17) is 11.6 Å². The Kier molecular flexibility index (Phi) is 4.08. The topological polar surface area (TPSA) is 73.1 Å². The Morgan fingerprint density at radius 2 is 2.19 bits per heavy atom. The summed E-state index contributed by atoms with van der Waals surface area (Å²) in [6, 6.07) is 0.986. The number of carbonyl (C=O) groups excluding carboxylic acids is 1. The maximum absolute atomic E-state index is 12.5. The first-order valence-electron chi connectivity index (χ1n) is 3.67. The number of pyridine rings is 1. The molecular weight excluding hydrogens is 360 g/mol. The first-order valence-corrected chi connectivity index (χ1v) is 5.13. The lowest BCUT2D eigenvalue weighted by Crippen LogP contribution is -2.07. The van der Waals surface area contributed by atoms with E-state index < -0.39 is 33.5 Å². The minimum absolute atomic E-state index is 0.0301. The molecule has 0 unspecified atom stereocenters. The summed E-state index contributed by atoms with van der Waals surface area (Å²) < 4.78 is 25.0. The molecule has 0 bridgehead atoms. The van der Waals surface area contributed by atoms with Gasteiger partial charge in [0.05, 0.1) is 4.92 Å². The molecular formula is C7H2ClF2IN2O3. The van der Waals surface area contributed by atoms with Gasteiger partial charge in [-0.2, -0.15) is 0 Å². The standard InChI is InChI=1S/C7H2ClF2IN2O3/c8-6(14)2-1-3(11)12-4(7(9)10)5(2)13(15)16/h1,7H. The number of rotatable bonds is 3. The third-order valence-corrected chi connectivity index (χ3v) is 2.35. The van der Waals surface area contributed by atoms with Gasteiger partial charge in [0.25, 0.3) is 11.7 Å². The average molecular weight is 362 g/mol. The van der Waals surface area contributed by atoms with Crippen molar-refractivity contribution in [1.82, 2.24) is 4.98 Å². The number of hydrogen-bond acceptors (Lipinski definition) is 4. The lowest BCUT2D eigenvalue weighted by molar-refractivity contribution is -0.386. The Hall–Kier alpha value is -0.900. The van der Waals surface area contributed by atoms with Crippen molar-refractivity contribution in [2.75, 3.05) is 0 Å². The van der Waals surface area contributed by atoms with Gasteiger partial charge in [0.1, 0.15) is 9.26 Å². The van der Waals surface area contributed by atoms with Gasteiger partial charge in [-0.05, 0) is 40.3 Å². The second kappa shape index (κ2) is 4.95. The van der Waals surface area contributed by atoms with Gasteiger partial charge >= 0.3 is 5.69 Å². The lowest BCUT2D eigenvalue weighted by atomic mass is 10.2. The Labute approximate surface area is 106 Å². The van der Waals surface area contributed by atoms with E-state index in [2.05, 4.69) is 4.98 Å². The lowest BCUT2D eigenvalue weighted by Gasteiger charge is -2.04. The second-order valence-electron chi connectivity index (χ2n) is 2.56. The Morgan fingerprint density at radius 3 is 2.56 bits per heavy atom. The van der Waals surface area contributed by atoms with Crippen molar-refractivity contribution in [1.29, 1.82) is 0 Å². The number of aromatic nitrogens is 1. The van der Waals surface area contributed by atoms with Crippen LogP contribution >= 0.6 is 34.2 Å². The van der Waals surface area contributed by atoms with E-state index in [9.17, 15) is 23.7 Å². The van der Waals surface area contributed by atoms with Gasteiger partial charge in [-0.3, -0.25) is 14.9 Å². The summed E-state index contributed by atoms with van der Waals surface area (Å²) in [7, 11) is 0. The summed E-state index contributed by atoms with van der Waals surface area (Å²) in [5, 5.41) is 9.41. The van der Waals surface area contributed by atoms with E-state index in [1.807, 2.05) is 0 Å². The quantitative estimate of drug-likeness (QED) is 0.272. The van der Waals surface area contributed by atoms with E-state index in [0.29, 0.717) is 0 Å². The zero-order valence-electron chi connectivity index (χ0n) is 7.29. The molecule has 0 radical (unpaired) electrons. The van der Waals surface area contributed by atoms with Crippen molar-refractivity contribution in [3.63, 3.8) is 0 Å². The smallest absolute Gasteiger partial charge is 0.275 e. The van der Waals surface area contributed by atoms with Crippen LogP contribution in [-0.4, -0.2) is 15.1 Å². The largest absolute Gasteiger partial charge is 0.308 e. The molecule has 0 aliphatic heterocycles. The molecule has 5 nitrogen and oxygen atoms in total. The van der Waals surface area contributed by atoms with Crippen LogP contribution in [0.1, 0.15) is 22.5 Å². The molecule has 0 N–H and O–H groups in total. The van der Waals surface area contributed by atoms with Crippen LogP contribution in [0, 0.1) is 13.8 Å². The zero-order chi connectivity index (χ0) is 12.5. The van der Waals surface area contributed by atoms with Gasteiger partial charge in [0, 0.05) is 0 Å². The van der Waals surface area contributed by atoms with E-state index in [-0.39, 0.29) is 3.70 Å². The summed E-state index contributed by atoms with van der Waals surface area (Å²) >= 11 is 6.64. The summed E-state index contributed by atoms with van der Waals surface area (Å²) in [5.74, 6) is 0. The maximum atomic E-state index is 12.5. The van der Waals surface area contributed by atoms with Crippen LogP contribution in [0.4, 0.5) is 14.5 Å². The van der Waals surface area contributed by atoms with E-state index in [1.165, 1.54) is 0 Å². The first kappa shape index (κ1) is 13.2. The number of alkyl halides is 2. The molecule has 1 rings (SSSR count). The Bertz CT molecular complexity index is 469. The molecule has 0 spiro atoms. The molecule has 0 aliphatic carbocycles. The van der Waals surface area contributed by atoms with Crippen molar-refractivity contribution in [3.8, 4) is 0 Å². The maximum Gasteiger partial charge on any atom is 0.308 e. The monoisotopic (exact) mass is 362 g/mol. The molecule has 0 atom stereocenters. The fraction of sp³-hybridized carbons (Fsp3) is 0.143. The zero-order valence-corrected chi connectivity index (χ0v) is 10.2. The fourth-order valence-corrected chi connectivity index (χ4v) is 1.73. The van der Waals surface area contributed by atoms with Crippen molar-refractivity contribution < 1.29 is 18.5 Å². The van der Waals surface area contributed by atoms with Crippen LogP contribution in [0.15, 0.2) is 6.07 Å². The molecule has 16 heavy (non-hydrogen) atoms. The minimum atomic E-state index is -3.15. The van der Waals surface area contributed by atoms with Crippen molar-refractivity contribution in [3.05, 3.63) is 31.1 Å².